The van der Waals surface area contributed by atoms with Gasteiger partial charge in [0.2, 0.25) is 17.5 Å². The van der Waals surface area contributed by atoms with E-state index in [0.29, 0.717) is 63.3 Å². The third-order valence-electron chi connectivity index (χ3n) is 7.17. The van der Waals surface area contributed by atoms with Crippen molar-refractivity contribution in [2.24, 2.45) is 0 Å². The van der Waals surface area contributed by atoms with Crippen LogP contribution in [0.4, 0.5) is 13.2 Å². The van der Waals surface area contributed by atoms with Crippen LogP contribution in [0.5, 0.6) is 34.5 Å². The summed E-state index contributed by atoms with van der Waals surface area (Å²) in [7, 11) is 3.13. The predicted molar refractivity (Wildman–Crippen MR) is 207 cm³/mol. The lowest BCUT2D eigenvalue weighted by atomic mass is 10.2. The number of aromatic hydroxyl groups is 1. The van der Waals surface area contributed by atoms with Gasteiger partial charge >= 0.3 is 0 Å². The zero-order valence-electron chi connectivity index (χ0n) is 32.7. The Morgan fingerprint density at radius 3 is 1.41 bits per heavy atom. The van der Waals surface area contributed by atoms with Crippen LogP contribution in [0.25, 0.3) is 0 Å². The fourth-order valence-corrected chi connectivity index (χ4v) is 4.43. The van der Waals surface area contributed by atoms with E-state index < -0.39 is 23.2 Å². The second-order valence-corrected chi connectivity index (χ2v) is 12.3. The number of phenols is 1. The van der Waals surface area contributed by atoms with Gasteiger partial charge in [-0.2, -0.15) is 13.2 Å². The Kier molecular flexibility index (Phi) is 27.7. The van der Waals surface area contributed by atoms with Crippen LogP contribution in [-0.4, -0.2) is 91.7 Å². The van der Waals surface area contributed by atoms with Crippen molar-refractivity contribution in [3.05, 3.63) is 69.4 Å². The molecule has 0 atom stereocenters. The first kappa shape index (κ1) is 49.9. The Labute approximate surface area is 335 Å². The molecular formula is C40H54BrF3O12. The zero-order valence-corrected chi connectivity index (χ0v) is 34.3. The van der Waals surface area contributed by atoms with Crippen molar-refractivity contribution < 1.29 is 70.5 Å². The molecule has 0 radical (unpaired) electrons. The zero-order chi connectivity index (χ0) is 41.6. The van der Waals surface area contributed by atoms with Crippen LogP contribution in [0.15, 0.2) is 40.9 Å². The first-order valence-corrected chi connectivity index (χ1v) is 18.9. The van der Waals surface area contributed by atoms with E-state index in [1.54, 1.807) is 26.4 Å². The molecule has 3 aromatic carbocycles. The van der Waals surface area contributed by atoms with Gasteiger partial charge in [-0.25, -0.2) is 0 Å². The summed E-state index contributed by atoms with van der Waals surface area (Å²) in [5.41, 5.74) is 0.0426. The molecule has 16 heteroatoms. The van der Waals surface area contributed by atoms with Gasteiger partial charge in [0.25, 0.3) is 0 Å². The standard InChI is InChI=1S/C15H21FO5.C14H20BrFO4.C11H13FO3/c1-3-4-7-20-13-6-5-12(10-17)15(14(13)16)21-11-19-9-8-18-2;1-3-4-7-19-12-6-5-11(15)14(13(12)16)20-10-18-9-8-17-2;1-2-3-6-15-9-5-4-8(7-13)11(14)10(9)12/h5-6,10H,3-4,7-9,11H2,1-2H3;5-6H,3-4,7-10H2,1-2H3;4-5,7,14H,2-3,6H2,1H3. The second kappa shape index (κ2) is 31.0. The van der Waals surface area contributed by atoms with Crippen molar-refractivity contribution in [3.63, 3.8) is 0 Å². The summed E-state index contributed by atoms with van der Waals surface area (Å²) in [6, 6.07) is 8.82. The quantitative estimate of drug-likeness (QED) is 0.0468. The number of ether oxygens (including phenoxy) is 9. The molecule has 0 heterocycles. The summed E-state index contributed by atoms with van der Waals surface area (Å²) in [5, 5.41) is 9.25. The Bertz CT molecular complexity index is 1550. The Morgan fingerprint density at radius 1 is 0.554 bits per heavy atom. The molecule has 1 N–H and O–H groups in total. The van der Waals surface area contributed by atoms with E-state index in [0.717, 1.165) is 38.5 Å². The summed E-state index contributed by atoms with van der Waals surface area (Å²) in [6.07, 6.45) is 6.34. The molecule has 3 aromatic rings. The highest BCUT2D eigenvalue weighted by Crippen LogP contribution is 2.34. The van der Waals surface area contributed by atoms with Gasteiger partial charge in [-0.3, -0.25) is 9.59 Å². The van der Waals surface area contributed by atoms with Crippen LogP contribution in [0, 0.1) is 17.5 Å². The highest BCUT2D eigenvalue weighted by molar-refractivity contribution is 9.10. The van der Waals surface area contributed by atoms with E-state index in [9.17, 15) is 27.9 Å². The van der Waals surface area contributed by atoms with Crippen LogP contribution in [-0.2, 0) is 18.9 Å². The second-order valence-electron chi connectivity index (χ2n) is 11.5. The Morgan fingerprint density at radius 2 is 0.964 bits per heavy atom. The van der Waals surface area contributed by atoms with Gasteiger partial charge in [-0.05, 0) is 71.6 Å². The maximum absolute atomic E-state index is 14.2. The molecule has 0 aromatic heterocycles. The molecule has 3 rings (SSSR count). The number of methoxy groups -OCH3 is 2. The number of phenolic OH excluding ortho intramolecular Hbond substituents is 1. The molecule has 12 nitrogen and oxygen atoms in total. The van der Waals surface area contributed by atoms with E-state index in [-0.39, 0.29) is 53.5 Å². The summed E-state index contributed by atoms with van der Waals surface area (Å²) < 4.78 is 88.5. The van der Waals surface area contributed by atoms with Crippen molar-refractivity contribution in [1.29, 1.82) is 0 Å². The number of rotatable bonds is 26. The van der Waals surface area contributed by atoms with E-state index >= 15 is 0 Å². The first-order chi connectivity index (χ1) is 27.1. The molecule has 56 heavy (non-hydrogen) atoms. The predicted octanol–water partition coefficient (Wildman–Crippen LogP) is 9.11. The number of halogens is 4. The van der Waals surface area contributed by atoms with Gasteiger partial charge in [0, 0.05) is 14.2 Å². The minimum Gasteiger partial charge on any atom is -0.504 e. The van der Waals surface area contributed by atoms with E-state index in [2.05, 4.69) is 15.9 Å². The van der Waals surface area contributed by atoms with Gasteiger partial charge in [0.05, 0.1) is 61.8 Å². The van der Waals surface area contributed by atoms with Gasteiger partial charge in [0.1, 0.15) is 0 Å². The first-order valence-electron chi connectivity index (χ1n) is 18.1. The molecule has 0 aliphatic carbocycles. The largest absolute Gasteiger partial charge is 0.504 e. The minimum atomic E-state index is -0.879. The van der Waals surface area contributed by atoms with Crippen LogP contribution in [0.1, 0.15) is 80.0 Å². The highest BCUT2D eigenvalue weighted by atomic mass is 79.9. The molecular weight excluding hydrogens is 809 g/mol. The lowest BCUT2D eigenvalue weighted by molar-refractivity contribution is -0.0106. The molecule has 314 valence electrons. The molecule has 0 spiro atoms. The Balaban J connectivity index is 0.000000426. The lowest BCUT2D eigenvalue weighted by Crippen LogP contribution is -2.10. The third kappa shape index (κ3) is 18.7. The molecule has 0 bridgehead atoms. The van der Waals surface area contributed by atoms with Crippen LogP contribution in [0.3, 0.4) is 0 Å². The fraction of sp³-hybridized carbons (Fsp3) is 0.500. The molecule has 0 amide bonds. The van der Waals surface area contributed by atoms with E-state index in [4.69, 9.17) is 42.6 Å². The normalized spacial score (nSPS) is 10.4. The smallest absolute Gasteiger partial charge is 0.208 e. The summed E-state index contributed by atoms with van der Waals surface area (Å²) >= 11 is 3.25. The monoisotopic (exact) mass is 862 g/mol. The van der Waals surface area contributed by atoms with E-state index in [1.165, 1.54) is 24.3 Å². The molecule has 0 aliphatic rings. The number of carbonyl (C=O) groups is 2. The topological polar surface area (TPSA) is 137 Å². The fourth-order valence-electron chi connectivity index (χ4n) is 4.01. The van der Waals surface area contributed by atoms with Gasteiger partial charge in [-0.1, -0.05) is 40.0 Å². The molecule has 0 saturated heterocycles. The SMILES string of the molecule is CCCCOc1ccc(Br)c(OCOCCOC)c1F.CCCCOc1ccc(C=O)c(O)c1F.CCCCOc1ccc(C=O)c(OCOCCOC)c1F. The maximum Gasteiger partial charge on any atom is 0.208 e. The maximum atomic E-state index is 14.2. The number of benzene rings is 3. The van der Waals surface area contributed by atoms with Crippen molar-refractivity contribution >= 4 is 28.5 Å². The van der Waals surface area contributed by atoms with Crippen LogP contribution in [0.2, 0.25) is 0 Å². The number of hydrogen-bond acceptors (Lipinski definition) is 12. The molecule has 0 unspecified atom stereocenters. The summed E-state index contributed by atoms with van der Waals surface area (Å²) in [4.78, 5) is 21.3. The summed E-state index contributed by atoms with van der Waals surface area (Å²) in [6.45, 7) is 8.73. The highest BCUT2D eigenvalue weighted by Gasteiger charge is 2.17. The van der Waals surface area contributed by atoms with Gasteiger partial charge < -0.3 is 47.7 Å². The van der Waals surface area contributed by atoms with E-state index in [1.807, 2.05) is 20.8 Å². The van der Waals surface area contributed by atoms with Crippen molar-refractivity contribution in [3.8, 4) is 34.5 Å². The summed E-state index contributed by atoms with van der Waals surface area (Å²) in [5.74, 6) is -2.57. The number of carbonyl (C=O) groups excluding carboxylic acids is 2. The minimum absolute atomic E-state index is 0.0217. The van der Waals surface area contributed by atoms with Crippen molar-refractivity contribution in [2.45, 2.75) is 59.3 Å². The van der Waals surface area contributed by atoms with Gasteiger partial charge in [-0.15, -0.1) is 0 Å². The molecule has 0 saturated carbocycles. The third-order valence-corrected chi connectivity index (χ3v) is 7.80. The number of hydrogen-bond donors (Lipinski definition) is 1. The van der Waals surface area contributed by atoms with Crippen molar-refractivity contribution in [1.82, 2.24) is 0 Å². The average molecular weight is 864 g/mol. The Hall–Kier alpha value is -4.09. The van der Waals surface area contributed by atoms with Crippen LogP contribution >= 0.6 is 15.9 Å². The molecule has 0 aliphatic heterocycles. The average Bonchev–Trinajstić information content (AvgIpc) is 3.20. The lowest BCUT2D eigenvalue weighted by Gasteiger charge is -2.13. The number of unbranched alkanes of at least 4 members (excludes halogenated alkanes) is 3. The van der Waals surface area contributed by atoms with Gasteiger partial charge in [0.15, 0.2) is 60.7 Å². The van der Waals surface area contributed by atoms with Crippen LogP contribution < -0.4 is 23.7 Å². The molecule has 0 fully saturated rings. The van der Waals surface area contributed by atoms with Crippen molar-refractivity contribution in [2.75, 3.05) is 74.1 Å². The number of aldehydes is 2.